The smallest absolute Gasteiger partial charge is 0.189 e. The van der Waals surface area contributed by atoms with Gasteiger partial charge in [-0.15, -0.1) is 0 Å². The Labute approximate surface area is 110 Å². The first-order valence-corrected chi connectivity index (χ1v) is 5.91. The standard InChI is InChI=1S/C12H16N6O/c13-12(17-19)11-10(3-1-4-15-11)9-14-6-8-18-7-2-5-16-18/h1-5,7,14,19H,6,8-9H2,(H2,13,17). The highest BCUT2D eigenvalue weighted by Crippen LogP contribution is 2.04. The van der Waals surface area contributed by atoms with Gasteiger partial charge in [0.05, 0.1) is 6.54 Å². The van der Waals surface area contributed by atoms with Crippen LogP contribution in [-0.4, -0.2) is 32.4 Å². The van der Waals surface area contributed by atoms with E-state index in [9.17, 15) is 0 Å². The zero-order chi connectivity index (χ0) is 13.5. The molecule has 100 valence electrons. The van der Waals surface area contributed by atoms with E-state index in [-0.39, 0.29) is 5.84 Å². The third kappa shape index (κ3) is 3.52. The summed E-state index contributed by atoms with van der Waals surface area (Å²) in [4.78, 5) is 4.10. The van der Waals surface area contributed by atoms with Crippen LogP contribution < -0.4 is 11.1 Å². The molecule has 0 saturated heterocycles. The van der Waals surface area contributed by atoms with Crippen LogP contribution in [0, 0.1) is 0 Å². The Morgan fingerprint density at radius 2 is 2.32 bits per heavy atom. The Balaban J connectivity index is 1.89. The van der Waals surface area contributed by atoms with Crippen molar-refractivity contribution in [1.82, 2.24) is 20.1 Å². The van der Waals surface area contributed by atoms with Crippen LogP contribution >= 0.6 is 0 Å². The fourth-order valence-corrected chi connectivity index (χ4v) is 1.71. The monoisotopic (exact) mass is 260 g/mol. The molecule has 0 spiro atoms. The second-order valence-electron chi connectivity index (χ2n) is 3.94. The summed E-state index contributed by atoms with van der Waals surface area (Å²) in [5.41, 5.74) is 6.96. The summed E-state index contributed by atoms with van der Waals surface area (Å²) in [5.74, 6) is 0.0180. The first-order chi connectivity index (χ1) is 9.31. The molecule has 7 nitrogen and oxygen atoms in total. The maximum absolute atomic E-state index is 8.70. The first-order valence-electron chi connectivity index (χ1n) is 5.91. The largest absolute Gasteiger partial charge is 0.409 e. The summed E-state index contributed by atoms with van der Waals surface area (Å²) in [6.45, 7) is 2.15. The van der Waals surface area contributed by atoms with Gasteiger partial charge in [0, 0.05) is 31.7 Å². The van der Waals surface area contributed by atoms with Gasteiger partial charge < -0.3 is 16.3 Å². The number of hydrogen-bond donors (Lipinski definition) is 3. The van der Waals surface area contributed by atoms with E-state index >= 15 is 0 Å². The molecule has 0 aliphatic rings. The van der Waals surface area contributed by atoms with Crippen molar-refractivity contribution in [3.8, 4) is 0 Å². The Morgan fingerprint density at radius 3 is 3.05 bits per heavy atom. The van der Waals surface area contributed by atoms with Gasteiger partial charge in [0.25, 0.3) is 0 Å². The minimum atomic E-state index is 0.0180. The fourth-order valence-electron chi connectivity index (χ4n) is 1.71. The van der Waals surface area contributed by atoms with Gasteiger partial charge in [-0.05, 0) is 17.7 Å². The van der Waals surface area contributed by atoms with E-state index in [1.165, 1.54) is 0 Å². The number of nitrogens with zero attached hydrogens (tertiary/aromatic N) is 4. The van der Waals surface area contributed by atoms with Crippen LogP contribution in [0.25, 0.3) is 0 Å². The van der Waals surface area contributed by atoms with Crippen molar-refractivity contribution in [3.63, 3.8) is 0 Å². The molecule has 0 fully saturated rings. The topological polar surface area (TPSA) is 101 Å². The molecule has 2 aromatic heterocycles. The van der Waals surface area contributed by atoms with Gasteiger partial charge in [-0.1, -0.05) is 11.2 Å². The lowest BCUT2D eigenvalue weighted by Crippen LogP contribution is -2.23. The molecular formula is C12H16N6O. The van der Waals surface area contributed by atoms with E-state index in [0.29, 0.717) is 12.2 Å². The van der Waals surface area contributed by atoms with Gasteiger partial charge in [-0.25, -0.2) is 0 Å². The van der Waals surface area contributed by atoms with Gasteiger partial charge in [0.15, 0.2) is 5.84 Å². The first kappa shape index (κ1) is 13.0. The molecule has 0 amide bonds. The average Bonchev–Trinajstić information content (AvgIpc) is 2.96. The van der Waals surface area contributed by atoms with Crippen LogP contribution in [-0.2, 0) is 13.1 Å². The second kappa shape index (κ2) is 6.50. The predicted molar refractivity (Wildman–Crippen MR) is 70.7 cm³/mol. The average molecular weight is 260 g/mol. The van der Waals surface area contributed by atoms with Gasteiger partial charge in [-0.3, -0.25) is 9.67 Å². The summed E-state index contributed by atoms with van der Waals surface area (Å²) < 4.78 is 1.85. The Kier molecular flexibility index (Phi) is 4.46. The van der Waals surface area contributed by atoms with Crippen LogP contribution in [0.5, 0.6) is 0 Å². The van der Waals surface area contributed by atoms with Crippen LogP contribution in [0.1, 0.15) is 11.3 Å². The van der Waals surface area contributed by atoms with E-state index < -0.39 is 0 Å². The van der Waals surface area contributed by atoms with Gasteiger partial charge in [0.1, 0.15) is 5.69 Å². The highest BCUT2D eigenvalue weighted by atomic mass is 16.4. The molecule has 0 unspecified atom stereocenters. The number of amidine groups is 1. The molecule has 0 aliphatic heterocycles. The molecule has 0 bridgehead atoms. The third-order valence-electron chi connectivity index (χ3n) is 2.63. The lowest BCUT2D eigenvalue weighted by atomic mass is 10.2. The Morgan fingerprint density at radius 1 is 1.42 bits per heavy atom. The number of nitrogens with two attached hydrogens (primary N) is 1. The zero-order valence-electron chi connectivity index (χ0n) is 10.4. The molecular weight excluding hydrogens is 244 g/mol. The minimum absolute atomic E-state index is 0.0180. The van der Waals surface area contributed by atoms with Crippen LogP contribution in [0.2, 0.25) is 0 Å². The molecule has 2 rings (SSSR count). The number of oxime groups is 1. The molecule has 0 radical (unpaired) electrons. The van der Waals surface area contributed by atoms with E-state index in [2.05, 4.69) is 20.6 Å². The zero-order valence-corrected chi connectivity index (χ0v) is 10.4. The highest BCUT2D eigenvalue weighted by Gasteiger charge is 2.07. The number of aromatic nitrogens is 3. The number of rotatable bonds is 6. The van der Waals surface area contributed by atoms with Gasteiger partial charge in [0.2, 0.25) is 0 Å². The van der Waals surface area contributed by atoms with Crippen molar-refractivity contribution in [2.75, 3.05) is 6.54 Å². The molecule has 2 aromatic rings. The van der Waals surface area contributed by atoms with E-state index in [1.807, 2.05) is 29.1 Å². The molecule has 0 aromatic carbocycles. The molecule has 0 aliphatic carbocycles. The summed E-state index contributed by atoms with van der Waals surface area (Å²) >= 11 is 0. The maximum atomic E-state index is 8.70. The maximum Gasteiger partial charge on any atom is 0.189 e. The van der Waals surface area contributed by atoms with Crippen molar-refractivity contribution < 1.29 is 5.21 Å². The summed E-state index contributed by atoms with van der Waals surface area (Å²) in [5, 5.41) is 19.1. The lowest BCUT2D eigenvalue weighted by Gasteiger charge is -2.08. The van der Waals surface area contributed by atoms with E-state index in [4.69, 9.17) is 10.9 Å². The molecule has 7 heteroatoms. The quantitative estimate of drug-likeness (QED) is 0.226. The third-order valence-corrected chi connectivity index (χ3v) is 2.63. The molecule has 0 saturated carbocycles. The summed E-state index contributed by atoms with van der Waals surface area (Å²) in [7, 11) is 0. The normalized spacial score (nSPS) is 11.7. The Hall–Kier alpha value is -2.41. The van der Waals surface area contributed by atoms with Crippen LogP contribution in [0.4, 0.5) is 0 Å². The molecule has 0 atom stereocenters. The molecule has 2 heterocycles. The van der Waals surface area contributed by atoms with Crippen molar-refractivity contribution >= 4 is 5.84 Å². The molecule has 19 heavy (non-hydrogen) atoms. The van der Waals surface area contributed by atoms with Gasteiger partial charge in [-0.2, -0.15) is 5.10 Å². The number of hydrogen-bond acceptors (Lipinski definition) is 5. The predicted octanol–water partition coefficient (Wildman–Crippen LogP) is 0.162. The SMILES string of the molecule is NC(=NO)c1ncccc1CNCCn1cccn1. The Bertz CT molecular complexity index is 537. The summed E-state index contributed by atoms with van der Waals surface area (Å²) in [6, 6.07) is 5.59. The van der Waals surface area contributed by atoms with Crippen molar-refractivity contribution in [2.45, 2.75) is 13.1 Å². The molecule has 4 N–H and O–H groups in total. The van der Waals surface area contributed by atoms with Gasteiger partial charge >= 0.3 is 0 Å². The fraction of sp³-hybridized carbons (Fsp3) is 0.250. The number of nitrogens with one attached hydrogen (secondary N) is 1. The number of pyridine rings is 1. The van der Waals surface area contributed by atoms with Crippen LogP contribution in [0.15, 0.2) is 41.9 Å². The van der Waals surface area contributed by atoms with E-state index in [1.54, 1.807) is 12.4 Å². The van der Waals surface area contributed by atoms with Crippen molar-refractivity contribution in [3.05, 3.63) is 48.0 Å². The summed E-state index contributed by atoms with van der Waals surface area (Å²) in [6.07, 6.45) is 5.27. The second-order valence-corrected chi connectivity index (χ2v) is 3.94. The highest BCUT2D eigenvalue weighted by molar-refractivity contribution is 5.96. The van der Waals surface area contributed by atoms with Crippen LogP contribution in [0.3, 0.4) is 0 Å². The minimum Gasteiger partial charge on any atom is -0.409 e. The van der Waals surface area contributed by atoms with E-state index in [0.717, 1.165) is 18.7 Å². The van der Waals surface area contributed by atoms with Crippen molar-refractivity contribution in [2.24, 2.45) is 10.9 Å². The van der Waals surface area contributed by atoms with Crippen molar-refractivity contribution in [1.29, 1.82) is 0 Å². The lowest BCUT2D eigenvalue weighted by molar-refractivity contribution is 0.318.